The number of rotatable bonds is 11. The van der Waals surface area contributed by atoms with Crippen molar-refractivity contribution >= 4 is 11.8 Å². The van der Waals surface area contributed by atoms with Gasteiger partial charge in [-0.25, -0.2) is 0 Å². The van der Waals surface area contributed by atoms with Gasteiger partial charge in [0, 0.05) is 30.5 Å². The number of benzene rings is 2. The Morgan fingerprint density at radius 3 is 2.39 bits per heavy atom. The van der Waals surface area contributed by atoms with Crippen LogP contribution in [-0.4, -0.2) is 66.3 Å². The number of hydrogen-bond donors (Lipinski definition) is 1. The normalized spacial score (nSPS) is 30.8. The van der Waals surface area contributed by atoms with Gasteiger partial charge in [-0.15, -0.1) is 0 Å². The summed E-state index contributed by atoms with van der Waals surface area (Å²) in [5, 5.41) is 13.1. The van der Waals surface area contributed by atoms with E-state index in [-0.39, 0.29) is 37.3 Å². The molecule has 5 atom stereocenters. The van der Waals surface area contributed by atoms with Crippen LogP contribution in [0.25, 0.3) is 0 Å². The van der Waals surface area contributed by atoms with Crippen LogP contribution in [0.1, 0.15) is 63.5 Å². The van der Waals surface area contributed by atoms with Gasteiger partial charge in [0.15, 0.2) is 5.78 Å². The lowest BCUT2D eigenvalue weighted by Gasteiger charge is -2.66. The minimum absolute atomic E-state index is 0.122. The van der Waals surface area contributed by atoms with E-state index in [1.165, 1.54) is 0 Å². The summed E-state index contributed by atoms with van der Waals surface area (Å²) >= 11 is 0. The number of fused-ring (bicyclic) bond motifs is 1. The van der Waals surface area contributed by atoms with Crippen LogP contribution in [-0.2, 0) is 37.0 Å². The average Bonchev–Trinajstić information content (AvgIpc) is 3.36. The summed E-state index contributed by atoms with van der Waals surface area (Å²) in [5.41, 5.74) is 0.675. The minimum atomic E-state index is -1.34. The smallest absolute Gasteiger partial charge is 0.316 e. The second-order valence-electron chi connectivity index (χ2n) is 13.1. The second kappa shape index (κ2) is 12.9. The van der Waals surface area contributed by atoms with Crippen molar-refractivity contribution < 1.29 is 28.9 Å². The third-order valence-electron chi connectivity index (χ3n) is 10.9. The molecule has 1 heterocycles. The maximum absolute atomic E-state index is 13.9. The number of piperidine rings is 1. The first kappa shape index (κ1) is 31.2. The van der Waals surface area contributed by atoms with E-state index in [9.17, 15) is 14.7 Å². The van der Waals surface area contributed by atoms with Gasteiger partial charge in [0.1, 0.15) is 11.5 Å². The van der Waals surface area contributed by atoms with Crippen molar-refractivity contribution in [2.75, 3.05) is 32.8 Å². The Morgan fingerprint density at radius 2 is 1.70 bits per heavy atom. The molecule has 1 unspecified atom stereocenters. The molecule has 7 heteroatoms. The maximum atomic E-state index is 13.9. The molecule has 3 aliphatic carbocycles. The molecule has 0 spiro atoms. The van der Waals surface area contributed by atoms with Crippen molar-refractivity contribution in [1.29, 1.82) is 0 Å². The van der Waals surface area contributed by atoms with E-state index < -0.39 is 22.5 Å². The predicted molar refractivity (Wildman–Crippen MR) is 167 cm³/mol. The van der Waals surface area contributed by atoms with Crippen LogP contribution in [0.2, 0.25) is 0 Å². The van der Waals surface area contributed by atoms with E-state index in [2.05, 4.69) is 11.8 Å². The van der Waals surface area contributed by atoms with Gasteiger partial charge >= 0.3 is 5.97 Å². The molecule has 0 amide bonds. The zero-order valence-electron chi connectivity index (χ0n) is 26.1. The molecule has 1 aliphatic heterocycles. The van der Waals surface area contributed by atoms with Gasteiger partial charge in [-0.3, -0.25) is 9.59 Å². The van der Waals surface area contributed by atoms with Crippen molar-refractivity contribution in [3.05, 3.63) is 89.4 Å². The Bertz CT molecular complexity index is 1360. The first-order chi connectivity index (χ1) is 21.4. The van der Waals surface area contributed by atoms with E-state index in [1.54, 1.807) is 0 Å². The largest absolute Gasteiger partial charge is 0.465 e. The highest BCUT2D eigenvalue weighted by atomic mass is 16.5. The Morgan fingerprint density at radius 1 is 1.00 bits per heavy atom. The highest BCUT2D eigenvalue weighted by molar-refractivity contribution is 6.00. The number of Topliss-reactive ketones (excluding diaryl/α,β-unsaturated/α-hetero) is 1. The number of ketones is 1. The third kappa shape index (κ3) is 5.26. The Balaban J connectivity index is 1.40. The van der Waals surface area contributed by atoms with Gasteiger partial charge in [0.05, 0.1) is 32.0 Å². The average molecular weight is 601 g/mol. The number of allylic oxidation sites excluding steroid dienone is 1. The number of likely N-dealkylation sites (tertiary alicyclic amines) is 1. The summed E-state index contributed by atoms with van der Waals surface area (Å²) in [4.78, 5) is 30.1. The van der Waals surface area contributed by atoms with Crippen LogP contribution in [0.4, 0.5) is 0 Å². The summed E-state index contributed by atoms with van der Waals surface area (Å²) in [6.07, 6.45) is 5.06. The van der Waals surface area contributed by atoms with E-state index in [0.717, 1.165) is 41.7 Å². The quantitative estimate of drug-likeness (QED) is 0.343. The van der Waals surface area contributed by atoms with E-state index >= 15 is 0 Å². The molecule has 235 valence electrons. The molecule has 2 aromatic carbocycles. The fourth-order valence-corrected chi connectivity index (χ4v) is 8.84. The van der Waals surface area contributed by atoms with Gasteiger partial charge in [-0.05, 0) is 68.2 Å². The maximum Gasteiger partial charge on any atom is 0.316 e. The monoisotopic (exact) mass is 600 g/mol. The van der Waals surface area contributed by atoms with Crippen LogP contribution in [0.15, 0.2) is 71.8 Å². The van der Waals surface area contributed by atoms with Crippen LogP contribution < -0.4 is 0 Å². The van der Waals surface area contributed by atoms with Crippen LogP contribution in [0.3, 0.4) is 0 Å². The van der Waals surface area contributed by atoms with E-state index in [4.69, 9.17) is 14.2 Å². The molecule has 3 fully saturated rings. The number of aliphatic hydroxyl groups is 1. The SMILES string of the molecule is CCOC(=O)[C@]12CCC[C@@]3(CN(CC)C1)[C@@H]1CCC(=O)C1=C(C(COCc1ccccc1)OCc1ccccc1)[CH]C[C@]23O. The lowest BCUT2D eigenvalue weighted by Crippen LogP contribution is -2.76. The number of nitrogens with zero attached hydrogens (tertiary/aromatic N) is 1. The summed E-state index contributed by atoms with van der Waals surface area (Å²) in [6.45, 7) is 7.16. The highest BCUT2D eigenvalue weighted by Gasteiger charge is 2.74. The molecule has 0 aromatic heterocycles. The molecule has 44 heavy (non-hydrogen) atoms. The molecule has 1 N–H and O–H groups in total. The Kier molecular flexibility index (Phi) is 9.12. The number of ether oxygens (including phenoxy) is 3. The lowest BCUT2D eigenvalue weighted by atomic mass is 9.44. The van der Waals surface area contributed by atoms with Crippen molar-refractivity contribution in [2.45, 2.75) is 77.3 Å². The first-order valence-corrected chi connectivity index (χ1v) is 16.4. The summed E-state index contributed by atoms with van der Waals surface area (Å²) in [5.74, 6) is -0.359. The van der Waals surface area contributed by atoms with Gasteiger partial charge in [-0.1, -0.05) is 74.0 Å². The summed E-state index contributed by atoms with van der Waals surface area (Å²) < 4.78 is 18.6. The fraction of sp³-hybridized carbons (Fsp3) is 0.541. The molecule has 7 nitrogen and oxygen atoms in total. The lowest BCUT2D eigenvalue weighted by molar-refractivity contribution is -0.260. The summed E-state index contributed by atoms with van der Waals surface area (Å²) in [6, 6.07) is 20.0. The molecule has 6 rings (SSSR count). The van der Waals surface area contributed by atoms with Crippen molar-refractivity contribution in [1.82, 2.24) is 4.90 Å². The second-order valence-corrected chi connectivity index (χ2v) is 13.1. The first-order valence-electron chi connectivity index (χ1n) is 16.4. The topological polar surface area (TPSA) is 85.3 Å². The van der Waals surface area contributed by atoms with Gasteiger partial charge in [0.2, 0.25) is 0 Å². The molecule has 4 aliphatic rings. The number of carbonyl (C=O) groups is 2. The Hall–Kier alpha value is -2.84. The molecular weight excluding hydrogens is 554 g/mol. The van der Waals surface area contributed by atoms with E-state index in [0.29, 0.717) is 45.6 Å². The van der Waals surface area contributed by atoms with Gasteiger partial charge < -0.3 is 24.2 Å². The number of carbonyl (C=O) groups excluding carboxylic acids is 2. The molecule has 1 saturated heterocycles. The molecular formula is C37H46NO6. The van der Waals surface area contributed by atoms with E-state index in [1.807, 2.05) is 74.0 Å². The third-order valence-corrected chi connectivity index (χ3v) is 10.9. The standard InChI is InChI=1S/C37H46NO6/c1-3-38-25-35-19-11-20-36(26-38,34(40)43-4-2)37(35,41)21-18-29(33-30(35)16-17-31(33)39)32(44-23-28-14-9-6-10-15-28)24-42-22-27-12-7-5-8-13-27/h5-10,12-15,18,30,32,41H,3-4,11,16-17,19-26H2,1-2H3/t30-,32?,35-,36+,37-/m1/s1. The van der Waals surface area contributed by atoms with Crippen molar-refractivity contribution in [2.24, 2.45) is 16.7 Å². The van der Waals surface area contributed by atoms with Gasteiger partial charge in [-0.2, -0.15) is 0 Å². The Labute approximate surface area is 261 Å². The van der Waals surface area contributed by atoms with Crippen LogP contribution in [0, 0.1) is 23.2 Å². The molecule has 2 aromatic rings. The predicted octanol–water partition coefficient (Wildman–Crippen LogP) is 5.46. The number of hydrogen-bond acceptors (Lipinski definition) is 7. The van der Waals surface area contributed by atoms with Crippen LogP contribution >= 0.6 is 0 Å². The highest BCUT2D eigenvalue weighted by Crippen LogP contribution is 2.67. The summed E-state index contributed by atoms with van der Waals surface area (Å²) in [7, 11) is 0. The van der Waals surface area contributed by atoms with Crippen LogP contribution in [0.5, 0.6) is 0 Å². The van der Waals surface area contributed by atoms with Crippen molar-refractivity contribution in [3.8, 4) is 0 Å². The molecule has 2 saturated carbocycles. The minimum Gasteiger partial charge on any atom is -0.465 e. The van der Waals surface area contributed by atoms with Crippen molar-refractivity contribution in [3.63, 3.8) is 0 Å². The fourth-order valence-electron chi connectivity index (χ4n) is 8.84. The zero-order valence-corrected chi connectivity index (χ0v) is 26.1. The van der Waals surface area contributed by atoms with Gasteiger partial charge in [0.25, 0.3) is 0 Å². The molecule has 2 bridgehead atoms. The number of esters is 1. The molecule has 1 radical (unpaired) electrons. The zero-order chi connectivity index (χ0) is 30.8.